The van der Waals surface area contributed by atoms with Crippen molar-refractivity contribution in [3.63, 3.8) is 0 Å². The number of hydrogen-bond donors (Lipinski definition) is 2. The van der Waals surface area contributed by atoms with Gasteiger partial charge in [0.1, 0.15) is 0 Å². The summed E-state index contributed by atoms with van der Waals surface area (Å²) in [5, 5.41) is 3.02. The summed E-state index contributed by atoms with van der Waals surface area (Å²) < 4.78 is 0. The molecule has 1 aliphatic carbocycles. The molecule has 0 aliphatic heterocycles. The Balaban J connectivity index is 1.91. The number of nitrogen functional groups attached to an aromatic ring is 1. The van der Waals surface area contributed by atoms with Crippen molar-refractivity contribution < 1.29 is 4.79 Å². The lowest BCUT2D eigenvalue weighted by Crippen LogP contribution is -2.28. The van der Waals surface area contributed by atoms with Crippen LogP contribution in [0.15, 0.2) is 18.2 Å². The SMILES string of the molecule is Cc1cc(N)cc(C(=O)NCC2CCC(C)C2)c1. The van der Waals surface area contributed by atoms with E-state index in [-0.39, 0.29) is 5.91 Å². The van der Waals surface area contributed by atoms with Crippen LogP contribution < -0.4 is 11.1 Å². The molecule has 2 atom stereocenters. The topological polar surface area (TPSA) is 55.1 Å². The summed E-state index contributed by atoms with van der Waals surface area (Å²) in [6, 6.07) is 5.48. The summed E-state index contributed by atoms with van der Waals surface area (Å²) in [7, 11) is 0. The van der Waals surface area contributed by atoms with Gasteiger partial charge in [0.2, 0.25) is 0 Å². The lowest BCUT2D eigenvalue weighted by molar-refractivity contribution is 0.0947. The van der Waals surface area contributed by atoms with Gasteiger partial charge in [0.05, 0.1) is 0 Å². The van der Waals surface area contributed by atoms with Crippen molar-refractivity contribution in [1.82, 2.24) is 5.32 Å². The summed E-state index contributed by atoms with van der Waals surface area (Å²) >= 11 is 0. The zero-order valence-corrected chi connectivity index (χ0v) is 11.2. The molecule has 1 amide bonds. The molecule has 1 fully saturated rings. The van der Waals surface area contributed by atoms with Crippen molar-refractivity contribution in [2.24, 2.45) is 11.8 Å². The average Bonchev–Trinajstić information content (AvgIpc) is 2.70. The number of benzene rings is 1. The van der Waals surface area contributed by atoms with Crippen LogP contribution in [0.4, 0.5) is 5.69 Å². The van der Waals surface area contributed by atoms with E-state index in [1.165, 1.54) is 19.3 Å². The maximum Gasteiger partial charge on any atom is 0.251 e. The normalized spacial score (nSPS) is 23.0. The first-order valence-electron chi connectivity index (χ1n) is 6.70. The van der Waals surface area contributed by atoms with Crippen molar-refractivity contribution in [1.29, 1.82) is 0 Å². The summed E-state index contributed by atoms with van der Waals surface area (Å²) in [5.74, 6) is 1.44. The second kappa shape index (κ2) is 5.42. The molecular weight excluding hydrogens is 224 g/mol. The molecule has 2 unspecified atom stereocenters. The van der Waals surface area contributed by atoms with E-state index in [2.05, 4.69) is 12.2 Å². The third-order valence-corrected chi connectivity index (χ3v) is 3.72. The van der Waals surface area contributed by atoms with E-state index in [1.807, 2.05) is 19.1 Å². The van der Waals surface area contributed by atoms with Gasteiger partial charge in [-0.25, -0.2) is 0 Å². The van der Waals surface area contributed by atoms with E-state index in [0.717, 1.165) is 18.0 Å². The van der Waals surface area contributed by atoms with Gasteiger partial charge in [-0.2, -0.15) is 0 Å². The molecule has 0 saturated heterocycles. The molecule has 1 aliphatic rings. The molecule has 1 aromatic carbocycles. The van der Waals surface area contributed by atoms with Gasteiger partial charge in [-0.3, -0.25) is 4.79 Å². The molecular formula is C15H22N2O. The molecule has 0 bridgehead atoms. The summed E-state index contributed by atoms with van der Waals surface area (Å²) in [5.41, 5.74) is 8.09. The molecule has 0 spiro atoms. The molecule has 98 valence electrons. The van der Waals surface area contributed by atoms with E-state index >= 15 is 0 Å². The van der Waals surface area contributed by atoms with Crippen molar-refractivity contribution in [3.8, 4) is 0 Å². The highest BCUT2D eigenvalue weighted by Gasteiger charge is 2.21. The fraction of sp³-hybridized carbons (Fsp3) is 0.533. The number of anilines is 1. The minimum absolute atomic E-state index is 0.00930. The number of aryl methyl sites for hydroxylation is 1. The highest BCUT2D eigenvalue weighted by Crippen LogP contribution is 2.29. The molecule has 1 aromatic rings. The number of amides is 1. The fourth-order valence-corrected chi connectivity index (χ4v) is 2.79. The molecule has 0 radical (unpaired) electrons. The molecule has 3 heteroatoms. The molecule has 18 heavy (non-hydrogen) atoms. The van der Waals surface area contributed by atoms with Gasteiger partial charge in [-0.15, -0.1) is 0 Å². The number of rotatable bonds is 3. The van der Waals surface area contributed by atoms with E-state index in [1.54, 1.807) is 6.07 Å². The van der Waals surface area contributed by atoms with Crippen molar-refractivity contribution in [2.75, 3.05) is 12.3 Å². The van der Waals surface area contributed by atoms with Gasteiger partial charge in [-0.05, 0) is 55.4 Å². The third-order valence-electron chi connectivity index (χ3n) is 3.72. The van der Waals surface area contributed by atoms with Crippen molar-refractivity contribution in [2.45, 2.75) is 33.1 Å². The second-order valence-electron chi connectivity index (χ2n) is 5.63. The maximum absolute atomic E-state index is 12.0. The monoisotopic (exact) mass is 246 g/mol. The molecule has 3 N–H and O–H groups in total. The number of carbonyl (C=O) groups excluding carboxylic acids is 1. The van der Waals surface area contributed by atoms with Gasteiger partial charge >= 0.3 is 0 Å². The van der Waals surface area contributed by atoms with Crippen LogP contribution in [0.1, 0.15) is 42.1 Å². The van der Waals surface area contributed by atoms with Crippen LogP contribution in [0, 0.1) is 18.8 Å². The fourth-order valence-electron chi connectivity index (χ4n) is 2.79. The van der Waals surface area contributed by atoms with E-state index < -0.39 is 0 Å². The van der Waals surface area contributed by atoms with Crippen LogP contribution >= 0.6 is 0 Å². The van der Waals surface area contributed by atoms with Crippen LogP contribution in [-0.2, 0) is 0 Å². The average molecular weight is 246 g/mol. The summed E-state index contributed by atoms with van der Waals surface area (Å²) in [6.07, 6.45) is 3.76. The summed E-state index contributed by atoms with van der Waals surface area (Å²) in [6.45, 7) is 5.02. The first-order valence-corrected chi connectivity index (χ1v) is 6.70. The lowest BCUT2D eigenvalue weighted by Gasteiger charge is -2.11. The summed E-state index contributed by atoms with van der Waals surface area (Å²) in [4.78, 5) is 12.0. The minimum atomic E-state index is -0.00930. The molecule has 0 aromatic heterocycles. The van der Waals surface area contributed by atoms with Gasteiger partial charge < -0.3 is 11.1 Å². The smallest absolute Gasteiger partial charge is 0.251 e. The maximum atomic E-state index is 12.0. The van der Waals surface area contributed by atoms with Crippen LogP contribution in [0.5, 0.6) is 0 Å². The zero-order valence-electron chi connectivity index (χ0n) is 11.2. The standard InChI is InChI=1S/C15H22N2O/c1-10-3-4-12(5-10)9-17-15(18)13-6-11(2)7-14(16)8-13/h6-8,10,12H,3-5,9,16H2,1-2H3,(H,17,18). The Labute approximate surface area is 109 Å². The van der Waals surface area contributed by atoms with Crippen molar-refractivity contribution >= 4 is 11.6 Å². The zero-order chi connectivity index (χ0) is 13.1. The van der Waals surface area contributed by atoms with Gasteiger partial charge in [-0.1, -0.05) is 13.3 Å². The Kier molecular flexibility index (Phi) is 3.90. The van der Waals surface area contributed by atoms with Crippen LogP contribution in [0.25, 0.3) is 0 Å². The Morgan fingerprint density at radius 3 is 2.78 bits per heavy atom. The second-order valence-corrected chi connectivity index (χ2v) is 5.63. The Hall–Kier alpha value is -1.51. The number of hydrogen-bond acceptors (Lipinski definition) is 2. The largest absolute Gasteiger partial charge is 0.399 e. The lowest BCUT2D eigenvalue weighted by atomic mass is 10.1. The Morgan fingerprint density at radius 2 is 2.17 bits per heavy atom. The molecule has 3 nitrogen and oxygen atoms in total. The van der Waals surface area contributed by atoms with Crippen LogP contribution in [-0.4, -0.2) is 12.5 Å². The van der Waals surface area contributed by atoms with E-state index in [9.17, 15) is 4.79 Å². The molecule has 0 heterocycles. The highest BCUT2D eigenvalue weighted by molar-refractivity contribution is 5.95. The molecule has 1 saturated carbocycles. The van der Waals surface area contributed by atoms with E-state index in [0.29, 0.717) is 17.2 Å². The number of carbonyl (C=O) groups is 1. The van der Waals surface area contributed by atoms with Gasteiger partial charge in [0.25, 0.3) is 5.91 Å². The van der Waals surface area contributed by atoms with Gasteiger partial charge in [0.15, 0.2) is 0 Å². The van der Waals surface area contributed by atoms with Crippen molar-refractivity contribution in [3.05, 3.63) is 29.3 Å². The first-order chi connectivity index (χ1) is 8.54. The minimum Gasteiger partial charge on any atom is -0.399 e. The highest BCUT2D eigenvalue weighted by atomic mass is 16.1. The first kappa shape index (κ1) is 12.9. The predicted molar refractivity (Wildman–Crippen MR) is 74.4 cm³/mol. The molecule has 2 rings (SSSR count). The van der Waals surface area contributed by atoms with E-state index in [4.69, 9.17) is 5.73 Å². The Bertz CT molecular complexity index is 422. The Morgan fingerprint density at radius 1 is 1.39 bits per heavy atom. The number of nitrogens with one attached hydrogen (secondary N) is 1. The van der Waals surface area contributed by atoms with Gasteiger partial charge in [0, 0.05) is 17.8 Å². The van der Waals surface area contributed by atoms with Crippen LogP contribution in [0.2, 0.25) is 0 Å². The number of nitrogens with two attached hydrogens (primary N) is 1. The predicted octanol–water partition coefficient (Wildman–Crippen LogP) is 2.74. The quantitative estimate of drug-likeness (QED) is 0.806. The third kappa shape index (κ3) is 3.25. The van der Waals surface area contributed by atoms with Crippen LogP contribution in [0.3, 0.4) is 0 Å².